The van der Waals surface area contributed by atoms with Gasteiger partial charge in [0.2, 0.25) is 5.95 Å². The number of rotatable bonds is 6. The van der Waals surface area contributed by atoms with E-state index < -0.39 is 0 Å². The lowest BCUT2D eigenvalue weighted by Crippen LogP contribution is -2.47. The predicted molar refractivity (Wildman–Crippen MR) is 86.0 cm³/mol. The summed E-state index contributed by atoms with van der Waals surface area (Å²) in [5.74, 6) is 1.05. The monoisotopic (exact) mass is 313 g/mol. The zero-order valence-corrected chi connectivity index (χ0v) is 13.6. The van der Waals surface area contributed by atoms with Crippen molar-refractivity contribution in [3.8, 4) is 0 Å². The number of methoxy groups -OCH3 is 1. The van der Waals surface area contributed by atoms with Crippen molar-refractivity contribution in [2.24, 2.45) is 0 Å². The van der Waals surface area contributed by atoms with Crippen molar-refractivity contribution in [1.82, 2.24) is 14.9 Å². The number of halogens is 1. The standard InChI is InChI=1S/C14H24ClN5O/c1-11-12(15)13(18-14(16)17-11)20-8-6-19(7-9-20)5-3-4-10-21-2/h3-10H2,1-2H3,(H2,16,17,18). The molecule has 1 fully saturated rings. The molecule has 2 N–H and O–H groups in total. The van der Waals surface area contributed by atoms with Gasteiger partial charge in [-0.3, -0.25) is 4.90 Å². The highest BCUT2D eigenvalue weighted by molar-refractivity contribution is 6.33. The van der Waals surface area contributed by atoms with Crippen LogP contribution in [0.3, 0.4) is 0 Å². The molecule has 0 bridgehead atoms. The zero-order valence-electron chi connectivity index (χ0n) is 12.8. The number of unbranched alkanes of at least 4 members (excludes halogenated alkanes) is 1. The molecule has 1 aliphatic rings. The molecule has 0 saturated carbocycles. The van der Waals surface area contributed by atoms with E-state index in [-0.39, 0.29) is 5.95 Å². The predicted octanol–water partition coefficient (Wildman–Crippen LogP) is 1.57. The first-order valence-corrected chi connectivity index (χ1v) is 7.75. The van der Waals surface area contributed by atoms with Crippen LogP contribution in [-0.4, -0.2) is 61.3 Å². The Hall–Kier alpha value is -1.11. The van der Waals surface area contributed by atoms with Crippen LogP contribution in [0.25, 0.3) is 0 Å². The van der Waals surface area contributed by atoms with E-state index in [1.54, 1.807) is 7.11 Å². The summed E-state index contributed by atoms with van der Waals surface area (Å²) < 4.78 is 5.07. The van der Waals surface area contributed by atoms with Crippen molar-refractivity contribution in [2.45, 2.75) is 19.8 Å². The quantitative estimate of drug-likeness (QED) is 0.804. The van der Waals surface area contributed by atoms with Crippen molar-refractivity contribution in [2.75, 3.05) is 57.1 Å². The van der Waals surface area contributed by atoms with Gasteiger partial charge in [-0.1, -0.05) is 11.6 Å². The van der Waals surface area contributed by atoms with Gasteiger partial charge in [0, 0.05) is 39.9 Å². The summed E-state index contributed by atoms with van der Waals surface area (Å²) in [5, 5.41) is 0.609. The molecular formula is C14H24ClN5O. The van der Waals surface area contributed by atoms with E-state index in [1.807, 2.05) is 6.92 Å². The third kappa shape index (κ3) is 4.43. The smallest absolute Gasteiger partial charge is 0.222 e. The number of nitrogens with zero attached hydrogens (tertiary/aromatic N) is 4. The highest BCUT2D eigenvalue weighted by Crippen LogP contribution is 2.27. The molecule has 21 heavy (non-hydrogen) atoms. The van der Waals surface area contributed by atoms with Crippen LogP contribution in [-0.2, 0) is 4.74 Å². The second-order valence-corrected chi connectivity index (χ2v) is 5.71. The molecule has 1 aromatic rings. The number of nitrogens with two attached hydrogens (primary N) is 1. The SMILES string of the molecule is COCCCCN1CCN(c2nc(N)nc(C)c2Cl)CC1. The molecule has 0 aliphatic carbocycles. The van der Waals surface area contributed by atoms with Crippen molar-refractivity contribution in [1.29, 1.82) is 0 Å². The number of nitrogen functional groups attached to an aromatic ring is 1. The fourth-order valence-corrected chi connectivity index (χ4v) is 2.74. The number of hydrogen-bond acceptors (Lipinski definition) is 6. The van der Waals surface area contributed by atoms with Gasteiger partial charge in [0.05, 0.1) is 5.69 Å². The Morgan fingerprint density at radius 3 is 2.57 bits per heavy atom. The number of aromatic nitrogens is 2. The van der Waals surface area contributed by atoms with E-state index >= 15 is 0 Å². The second-order valence-electron chi connectivity index (χ2n) is 5.33. The third-order valence-electron chi connectivity index (χ3n) is 3.76. The Labute approximate surface area is 131 Å². The first-order valence-electron chi connectivity index (χ1n) is 7.37. The first-order chi connectivity index (χ1) is 10.1. The van der Waals surface area contributed by atoms with E-state index in [0.29, 0.717) is 5.02 Å². The van der Waals surface area contributed by atoms with Crippen LogP contribution in [0.1, 0.15) is 18.5 Å². The van der Waals surface area contributed by atoms with Crippen molar-refractivity contribution in [3.63, 3.8) is 0 Å². The topological polar surface area (TPSA) is 67.5 Å². The molecule has 0 atom stereocenters. The Balaban J connectivity index is 1.86. The van der Waals surface area contributed by atoms with Crippen molar-refractivity contribution < 1.29 is 4.74 Å². The Morgan fingerprint density at radius 2 is 1.90 bits per heavy atom. The summed E-state index contributed by atoms with van der Waals surface area (Å²) in [4.78, 5) is 13.0. The summed E-state index contributed by atoms with van der Waals surface area (Å²) >= 11 is 6.30. The summed E-state index contributed by atoms with van der Waals surface area (Å²) in [6, 6.07) is 0. The highest BCUT2D eigenvalue weighted by Gasteiger charge is 2.21. The number of anilines is 2. The lowest BCUT2D eigenvalue weighted by molar-refractivity contribution is 0.182. The van der Waals surface area contributed by atoms with Gasteiger partial charge in [-0.05, 0) is 26.3 Å². The molecule has 0 spiro atoms. The fourth-order valence-electron chi connectivity index (χ4n) is 2.54. The number of piperazine rings is 1. The molecule has 0 amide bonds. The maximum absolute atomic E-state index is 6.30. The van der Waals surface area contributed by atoms with E-state index in [9.17, 15) is 0 Å². The summed E-state index contributed by atoms with van der Waals surface area (Å²) in [7, 11) is 1.75. The largest absolute Gasteiger partial charge is 0.385 e. The maximum atomic E-state index is 6.30. The zero-order chi connectivity index (χ0) is 15.2. The van der Waals surface area contributed by atoms with Crippen LogP contribution < -0.4 is 10.6 Å². The van der Waals surface area contributed by atoms with Gasteiger partial charge in [-0.2, -0.15) is 4.98 Å². The molecule has 7 heteroatoms. The Morgan fingerprint density at radius 1 is 1.19 bits per heavy atom. The minimum atomic E-state index is 0.286. The molecule has 0 unspecified atom stereocenters. The molecule has 6 nitrogen and oxygen atoms in total. The minimum absolute atomic E-state index is 0.286. The Bertz CT molecular complexity index is 463. The van der Waals surface area contributed by atoms with Gasteiger partial charge in [0.1, 0.15) is 5.02 Å². The van der Waals surface area contributed by atoms with Crippen molar-refractivity contribution >= 4 is 23.4 Å². The number of ether oxygens (including phenoxy) is 1. The van der Waals surface area contributed by atoms with Gasteiger partial charge in [0.15, 0.2) is 5.82 Å². The van der Waals surface area contributed by atoms with Crippen molar-refractivity contribution in [3.05, 3.63) is 10.7 Å². The average molecular weight is 314 g/mol. The molecule has 1 aromatic heterocycles. The van der Waals surface area contributed by atoms with Crippen LogP contribution in [0.5, 0.6) is 0 Å². The van der Waals surface area contributed by atoms with Crippen LogP contribution >= 0.6 is 11.6 Å². The lowest BCUT2D eigenvalue weighted by Gasteiger charge is -2.35. The molecule has 1 saturated heterocycles. The van der Waals surface area contributed by atoms with Crippen LogP contribution in [0, 0.1) is 6.92 Å². The lowest BCUT2D eigenvalue weighted by atomic mass is 10.2. The number of aryl methyl sites for hydroxylation is 1. The fraction of sp³-hybridized carbons (Fsp3) is 0.714. The van der Waals surface area contributed by atoms with Gasteiger partial charge in [0.25, 0.3) is 0 Å². The van der Waals surface area contributed by atoms with Crippen LogP contribution in [0.15, 0.2) is 0 Å². The van der Waals surface area contributed by atoms with Gasteiger partial charge in [-0.25, -0.2) is 4.98 Å². The Kier molecular flexibility index (Phi) is 6.02. The van der Waals surface area contributed by atoms with E-state index in [2.05, 4.69) is 19.8 Å². The first kappa shape index (κ1) is 16.3. The normalized spacial score (nSPS) is 16.4. The molecule has 0 aromatic carbocycles. The summed E-state index contributed by atoms with van der Waals surface area (Å²) in [6.45, 7) is 7.69. The van der Waals surface area contributed by atoms with Crippen LogP contribution in [0.2, 0.25) is 5.02 Å². The van der Waals surface area contributed by atoms with Crippen LogP contribution in [0.4, 0.5) is 11.8 Å². The summed E-state index contributed by atoms with van der Waals surface area (Å²) in [5.41, 5.74) is 6.46. The molecule has 118 valence electrons. The average Bonchev–Trinajstić information content (AvgIpc) is 2.48. The summed E-state index contributed by atoms with van der Waals surface area (Å²) in [6.07, 6.45) is 2.29. The highest BCUT2D eigenvalue weighted by atomic mass is 35.5. The van der Waals surface area contributed by atoms with Gasteiger partial charge in [-0.15, -0.1) is 0 Å². The molecule has 1 aliphatic heterocycles. The molecule has 2 rings (SSSR count). The minimum Gasteiger partial charge on any atom is -0.385 e. The number of hydrogen-bond donors (Lipinski definition) is 1. The molecule has 2 heterocycles. The van der Waals surface area contributed by atoms with Gasteiger partial charge >= 0.3 is 0 Å². The third-order valence-corrected chi connectivity index (χ3v) is 4.20. The van der Waals surface area contributed by atoms with E-state index in [0.717, 1.165) is 57.3 Å². The van der Waals surface area contributed by atoms with E-state index in [1.165, 1.54) is 6.42 Å². The second kappa shape index (κ2) is 7.77. The molecule has 0 radical (unpaired) electrons. The van der Waals surface area contributed by atoms with Gasteiger partial charge < -0.3 is 15.4 Å². The maximum Gasteiger partial charge on any atom is 0.222 e. The van der Waals surface area contributed by atoms with E-state index in [4.69, 9.17) is 22.1 Å². The molecular weight excluding hydrogens is 290 g/mol.